The number of rotatable bonds is 41. The van der Waals surface area contributed by atoms with Gasteiger partial charge >= 0.3 is 29.8 Å². The van der Waals surface area contributed by atoms with Crippen molar-refractivity contribution in [2.75, 3.05) is 18.4 Å². The lowest BCUT2D eigenvalue weighted by atomic mass is 9.73. The monoisotopic (exact) mass is 1510 g/mol. The first-order chi connectivity index (χ1) is 51.1. The van der Waals surface area contributed by atoms with Gasteiger partial charge in [0.15, 0.2) is 5.96 Å². The Morgan fingerprint density at radius 3 is 1.56 bits per heavy atom. The van der Waals surface area contributed by atoms with E-state index in [4.69, 9.17) is 11.1 Å². The van der Waals surface area contributed by atoms with Crippen LogP contribution in [0.5, 0.6) is 5.75 Å². The van der Waals surface area contributed by atoms with Crippen molar-refractivity contribution in [2.24, 2.45) is 23.5 Å². The van der Waals surface area contributed by atoms with Crippen LogP contribution in [-0.4, -0.2) is 221 Å². The molecule has 3 aromatic carbocycles. The Balaban J connectivity index is 1.21. The van der Waals surface area contributed by atoms with E-state index in [1.807, 2.05) is 0 Å². The molecule has 586 valence electrons. The second-order valence-electron chi connectivity index (χ2n) is 27.5. The molecule has 36 heteroatoms. The van der Waals surface area contributed by atoms with Crippen LogP contribution in [0.1, 0.15) is 145 Å². The summed E-state index contributed by atoms with van der Waals surface area (Å²) in [6, 6.07) is 2.61. The van der Waals surface area contributed by atoms with E-state index >= 15 is 14.4 Å². The molecular formula is C72H96N14O22. The number of nitrogens with zero attached hydrogens (tertiary/aromatic N) is 2. The summed E-state index contributed by atoms with van der Waals surface area (Å²) in [6.45, 7) is 5.98. The van der Waals surface area contributed by atoms with Crippen molar-refractivity contribution in [3.8, 4) is 5.75 Å². The van der Waals surface area contributed by atoms with Gasteiger partial charge in [-0.3, -0.25) is 77.3 Å². The highest BCUT2D eigenvalue weighted by Crippen LogP contribution is 2.41. The summed E-state index contributed by atoms with van der Waals surface area (Å²) in [4.78, 5) is 221. The number of amides is 11. The highest BCUT2D eigenvalue weighted by molar-refractivity contribution is 6.01. The molecule has 7 rings (SSSR count). The normalized spacial score (nSPS) is 18.2. The van der Waals surface area contributed by atoms with E-state index < -0.39 is 225 Å². The van der Waals surface area contributed by atoms with Gasteiger partial charge in [-0.15, -0.1) is 0 Å². The van der Waals surface area contributed by atoms with Crippen LogP contribution in [0.15, 0.2) is 78.9 Å². The number of aliphatic carboxylic acids is 5. The number of aromatic hydroxyl groups is 1. The SMILES string of the molecule is CC[C@H](C)[C@H](NC(=O)C1C2CCC(CC2)N1C(=O)[C@H](CCC(=O)O)NC(=O)[C@H](Cc1ccccc1)NC(=O)[C@H](CC(=O)O)NC(=O)CNC(=O)c1ccc(NC(=N)N)cc1)C(=O)N1CCC[C@H]1C(=O)N[C@@H](CCC(=O)O)C(=O)N[C@@H](CCC(=O)O)C(=O)N[C@@H](Cc1ccc(O)cc1)C(=O)N[C@@H](CC(C)C)C(=O)O. The standard InChI is InChI=1S/C72H96N14O22/c1-5-38(4)59(70(106)85-31-9-12-53(85)67(103)79-47(26-29-56(91)92)62(98)78-46(25-28-55(89)90)63(99)81-50(34-40-13-23-45(87)24-14-40)65(101)83-52(71(107)108)32-37(2)3)84-68(104)60-41-17-21-44(22-18-41)86(60)69(105)48(27-30-57(93)94)80-64(100)49(33-39-10-7-6-8-11-39)82-66(102)51(35-58(95)96)77-54(88)36-75-61(97)42-15-19-43(20-16-42)76-72(73)74/h6-8,10-11,13-16,19-20,23-24,37-38,41,44,46-53,59-60,87H,5,9,12,17-18,21-22,25-36H2,1-4H3,(H,75,97)(H,77,88)(H,78,98)(H,79,103)(H,80,100)(H,81,99)(H,82,102)(H,83,101)(H,84,104)(H,89,90)(H,91,92)(H,93,94)(H,95,96)(H,107,108)(H4,73,74,76)/t38-,41?,44?,46-,47-,48-,49-,50-,51-,52-,53-,59-,60?/m0/s1. The quantitative estimate of drug-likeness (QED) is 0.0258. The van der Waals surface area contributed by atoms with Gasteiger partial charge in [0.2, 0.25) is 59.1 Å². The Morgan fingerprint density at radius 1 is 0.537 bits per heavy atom. The fraction of sp³-hybridized carbons (Fsp3) is 0.514. The minimum atomic E-state index is -1.86. The van der Waals surface area contributed by atoms with E-state index in [9.17, 15) is 93.0 Å². The molecule has 0 radical (unpaired) electrons. The number of anilines is 1. The van der Waals surface area contributed by atoms with Gasteiger partial charge in [0, 0.05) is 55.9 Å². The van der Waals surface area contributed by atoms with Crippen molar-refractivity contribution >= 4 is 106 Å². The molecule has 0 aromatic heterocycles. The number of nitrogens with two attached hydrogens (primary N) is 1. The maximum atomic E-state index is 15.3. The Morgan fingerprint density at radius 2 is 1.04 bits per heavy atom. The summed E-state index contributed by atoms with van der Waals surface area (Å²) >= 11 is 0. The molecule has 1 saturated carbocycles. The van der Waals surface area contributed by atoms with Gasteiger partial charge in [-0.1, -0.05) is 76.6 Å². The Bertz CT molecular complexity index is 3780. The number of carboxylic acid groups (broad SMARTS) is 5. The Labute approximate surface area is 621 Å². The molecule has 0 spiro atoms. The average Bonchev–Trinajstić information content (AvgIpc) is 0.773. The second-order valence-corrected chi connectivity index (χ2v) is 27.5. The van der Waals surface area contributed by atoms with E-state index in [0.29, 0.717) is 42.5 Å². The highest BCUT2D eigenvalue weighted by Gasteiger charge is 2.51. The number of carbonyl (C=O) groups excluding carboxylic acids is 11. The van der Waals surface area contributed by atoms with Gasteiger partial charge in [-0.25, -0.2) is 4.79 Å². The number of hydrogen-bond donors (Lipinski definition) is 18. The fourth-order valence-corrected chi connectivity index (χ4v) is 13.2. The molecule has 108 heavy (non-hydrogen) atoms. The number of piperidine rings is 2. The predicted octanol–water partition coefficient (Wildman–Crippen LogP) is -0.202. The summed E-state index contributed by atoms with van der Waals surface area (Å²) < 4.78 is 0. The lowest BCUT2D eigenvalue weighted by molar-refractivity contribution is -0.157. The van der Waals surface area contributed by atoms with E-state index in [1.54, 1.807) is 58.0 Å². The number of phenols is 1. The summed E-state index contributed by atoms with van der Waals surface area (Å²) in [5.41, 5.74) is 6.63. The van der Waals surface area contributed by atoms with Crippen molar-refractivity contribution < 1.29 is 107 Å². The predicted molar refractivity (Wildman–Crippen MR) is 382 cm³/mol. The topological polar surface area (TPSA) is 571 Å². The van der Waals surface area contributed by atoms with Crippen molar-refractivity contribution in [1.82, 2.24) is 57.7 Å². The number of phenolic OH excluding ortho intramolecular Hbond substituents is 1. The van der Waals surface area contributed by atoms with Gasteiger partial charge in [0.1, 0.15) is 66.2 Å². The largest absolute Gasteiger partial charge is 0.508 e. The smallest absolute Gasteiger partial charge is 0.326 e. The van der Waals surface area contributed by atoms with E-state index in [2.05, 4.69) is 53.2 Å². The van der Waals surface area contributed by atoms with Crippen LogP contribution >= 0.6 is 0 Å². The molecule has 1 unspecified atom stereocenters. The molecule has 2 bridgehead atoms. The number of nitrogens with one attached hydrogen (secondary N) is 11. The van der Waals surface area contributed by atoms with Gasteiger partial charge in [0.25, 0.3) is 5.91 Å². The second kappa shape index (κ2) is 40.7. The third-order valence-electron chi connectivity index (χ3n) is 19.0. The van der Waals surface area contributed by atoms with Crippen molar-refractivity contribution in [1.29, 1.82) is 5.41 Å². The van der Waals surface area contributed by atoms with Crippen LogP contribution < -0.4 is 58.9 Å². The number of guanidine groups is 1. The van der Waals surface area contributed by atoms with Gasteiger partial charge in [-0.05, 0) is 129 Å². The average molecular weight is 1510 g/mol. The first kappa shape index (κ1) is 85.2. The van der Waals surface area contributed by atoms with E-state index in [-0.39, 0.29) is 68.3 Å². The molecule has 11 amide bonds. The maximum Gasteiger partial charge on any atom is 0.326 e. The lowest BCUT2D eigenvalue weighted by Gasteiger charge is -2.51. The molecule has 3 heterocycles. The minimum absolute atomic E-state index is 0.0145. The fourth-order valence-electron chi connectivity index (χ4n) is 13.2. The molecule has 11 atom stereocenters. The first-order valence-electron chi connectivity index (χ1n) is 35.6. The molecule has 4 aliphatic rings. The highest BCUT2D eigenvalue weighted by atomic mass is 16.4. The van der Waals surface area contributed by atoms with Crippen molar-refractivity contribution in [3.63, 3.8) is 0 Å². The van der Waals surface area contributed by atoms with E-state index in [1.165, 1.54) is 58.3 Å². The molecule has 3 aromatic rings. The zero-order valence-electron chi connectivity index (χ0n) is 60.2. The molecule has 1 aliphatic carbocycles. The maximum absolute atomic E-state index is 15.3. The number of hydrogen-bond acceptors (Lipinski definition) is 18. The third kappa shape index (κ3) is 25.8. The zero-order chi connectivity index (χ0) is 79.6. The molecule has 4 fully saturated rings. The number of likely N-dealkylation sites (tertiary alicyclic amines) is 1. The van der Waals surface area contributed by atoms with Gasteiger partial charge < -0.3 is 99.3 Å². The molecule has 19 N–H and O–H groups in total. The van der Waals surface area contributed by atoms with E-state index in [0.717, 1.165) is 0 Å². The van der Waals surface area contributed by atoms with Crippen LogP contribution in [0.4, 0.5) is 5.69 Å². The Hall–Kier alpha value is -11.8. The number of benzene rings is 3. The number of carboxylic acids is 5. The Kier molecular flexibility index (Phi) is 32.1. The van der Waals surface area contributed by atoms with Crippen molar-refractivity contribution in [3.05, 3.63) is 95.6 Å². The molecule has 3 aliphatic heterocycles. The summed E-state index contributed by atoms with van der Waals surface area (Å²) in [5, 5.41) is 91.4. The first-order valence-corrected chi connectivity index (χ1v) is 35.6. The lowest BCUT2D eigenvalue weighted by Crippen LogP contribution is -2.68. The van der Waals surface area contributed by atoms with Crippen LogP contribution in [-0.2, 0) is 84.8 Å². The summed E-state index contributed by atoms with van der Waals surface area (Å²) in [5.74, 6) is -19.8. The molecular weight excluding hydrogens is 1410 g/mol. The zero-order valence-corrected chi connectivity index (χ0v) is 60.2. The minimum Gasteiger partial charge on any atom is -0.508 e. The summed E-state index contributed by atoms with van der Waals surface area (Å²) in [7, 11) is 0. The number of fused-ring (bicyclic) bond motifs is 3. The van der Waals surface area contributed by atoms with Gasteiger partial charge in [0.05, 0.1) is 13.0 Å². The van der Waals surface area contributed by atoms with Crippen molar-refractivity contribution in [2.45, 2.75) is 203 Å². The van der Waals surface area contributed by atoms with Gasteiger partial charge in [-0.2, -0.15) is 0 Å². The third-order valence-corrected chi connectivity index (χ3v) is 19.0. The summed E-state index contributed by atoms with van der Waals surface area (Å²) in [6.07, 6.45) is -3.60. The van der Waals surface area contributed by atoms with Crippen LogP contribution in [0, 0.1) is 23.2 Å². The molecule has 3 saturated heterocycles. The molecule has 36 nitrogen and oxygen atoms in total. The van der Waals surface area contributed by atoms with Crippen LogP contribution in [0.3, 0.4) is 0 Å². The van der Waals surface area contributed by atoms with Crippen LogP contribution in [0.2, 0.25) is 0 Å². The van der Waals surface area contributed by atoms with Crippen LogP contribution in [0.25, 0.3) is 0 Å². The number of carbonyl (C=O) groups is 16.